The maximum Gasteiger partial charge on any atom is 0.335 e. The SMILES string of the molecule is CC/C=C\C/C=C\C/C=C\C/C=C\CCCCC(=O)OCC(COC1OC(C(=O)O)C(O)C(O)C1OC(=O)CCCCCCCCC/C=C\C/C=C\CCCCC)OC(=O)CCCC/C=C\C/C=C\C/C=C\C/C=C\CC. The molecule has 0 spiro atoms. The van der Waals surface area contributed by atoms with Crippen molar-refractivity contribution in [3.8, 4) is 0 Å². The Morgan fingerprint density at radius 1 is 0.442 bits per heavy atom. The van der Waals surface area contributed by atoms with Gasteiger partial charge in [-0.25, -0.2) is 4.79 Å². The normalized spacial score (nSPS) is 18.9. The number of unbranched alkanes of at least 4 members (excludes halogenated alkanes) is 14. The molecule has 3 N–H and O–H groups in total. The van der Waals surface area contributed by atoms with Crippen LogP contribution >= 0.6 is 0 Å². The molecule has 0 amide bonds. The Hall–Kier alpha value is -4.88. The van der Waals surface area contributed by atoms with Crippen LogP contribution in [0.5, 0.6) is 0 Å². The highest BCUT2D eigenvalue weighted by Gasteiger charge is 2.50. The minimum atomic E-state index is -1.92. The highest BCUT2D eigenvalue weighted by Crippen LogP contribution is 2.26. The molecule has 6 unspecified atom stereocenters. The van der Waals surface area contributed by atoms with Crippen LogP contribution in [0.25, 0.3) is 0 Å². The van der Waals surface area contributed by atoms with E-state index in [-0.39, 0.29) is 25.9 Å². The van der Waals surface area contributed by atoms with E-state index < -0.39 is 67.3 Å². The molecule has 0 aromatic carbocycles. The van der Waals surface area contributed by atoms with Crippen LogP contribution in [0.4, 0.5) is 0 Å². The Kier molecular flexibility index (Phi) is 47.2. The van der Waals surface area contributed by atoms with Crippen LogP contribution in [-0.2, 0) is 42.9 Å². The number of carboxylic acid groups (broad SMARTS) is 1. The van der Waals surface area contributed by atoms with Crippen molar-refractivity contribution in [2.45, 2.75) is 250 Å². The number of aliphatic hydroxyl groups is 2. The fourth-order valence-corrected chi connectivity index (χ4v) is 8.02. The van der Waals surface area contributed by atoms with E-state index in [2.05, 4.69) is 142 Å². The zero-order chi connectivity index (χ0) is 56.1. The third-order valence-corrected chi connectivity index (χ3v) is 12.5. The van der Waals surface area contributed by atoms with Gasteiger partial charge in [0, 0.05) is 19.3 Å². The van der Waals surface area contributed by atoms with Gasteiger partial charge in [-0.1, -0.05) is 187 Å². The molecule has 0 saturated carbocycles. The predicted molar refractivity (Wildman–Crippen MR) is 312 cm³/mol. The average Bonchev–Trinajstić information content (AvgIpc) is 3.42. The first-order valence-corrected chi connectivity index (χ1v) is 29.5. The zero-order valence-corrected chi connectivity index (χ0v) is 47.7. The first kappa shape index (κ1) is 70.1. The molecule has 0 aromatic heterocycles. The quantitative estimate of drug-likeness (QED) is 0.0228. The lowest BCUT2D eigenvalue weighted by molar-refractivity contribution is -0.301. The van der Waals surface area contributed by atoms with E-state index in [9.17, 15) is 34.5 Å². The number of carbonyl (C=O) groups excluding carboxylic acids is 3. The fraction of sp³-hybridized carbons (Fsp3) is 0.631. The topological polar surface area (TPSA) is 175 Å². The van der Waals surface area contributed by atoms with Crippen LogP contribution in [0.15, 0.2) is 122 Å². The van der Waals surface area contributed by atoms with Gasteiger partial charge in [-0.3, -0.25) is 14.4 Å². The van der Waals surface area contributed by atoms with E-state index in [1.54, 1.807) is 0 Å². The van der Waals surface area contributed by atoms with Gasteiger partial charge in [0.1, 0.15) is 18.8 Å². The molecular weight excluding hydrogens is 973 g/mol. The number of aliphatic carboxylic acids is 1. The Labute approximate surface area is 465 Å². The lowest BCUT2D eigenvalue weighted by Crippen LogP contribution is -2.61. The summed E-state index contributed by atoms with van der Waals surface area (Å²) in [5.74, 6) is -3.26. The summed E-state index contributed by atoms with van der Waals surface area (Å²) in [6, 6.07) is 0. The highest BCUT2D eigenvalue weighted by atomic mass is 16.7. The number of aliphatic hydroxyl groups excluding tert-OH is 2. The second-order valence-electron chi connectivity index (χ2n) is 19.5. The molecule has 0 radical (unpaired) electrons. The summed E-state index contributed by atoms with van der Waals surface area (Å²) in [6.45, 7) is 5.65. The maximum atomic E-state index is 13.1. The molecule has 434 valence electrons. The van der Waals surface area contributed by atoms with Gasteiger partial charge in [-0.05, 0) is 128 Å². The summed E-state index contributed by atoms with van der Waals surface area (Å²) in [7, 11) is 0. The van der Waals surface area contributed by atoms with Crippen molar-refractivity contribution >= 4 is 23.9 Å². The summed E-state index contributed by atoms with van der Waals surface area (Å²) < 4.78 is 28.3. The van der Waals surface area contributed by atoms with Gasteiger partial charge >= 0.3 is 23.9 Å². The first-order chi connectivity index (χ1) is 37.6. The lowest BCUT2D eigenvalue weighted by Gasteiger charge is -2.40. The number of allylic oxidation sites excluding steroid dienone is 20. The third kappa shape index (κ3) is 41.8. The van der Waals surface area contributed by atoms with Crippen molar-refractivity contribution in [3.63, 3.8) is 0 Å². The van der Waals surface area contributed by atoms with E-state index in [1.165, 1.54) is 19.3 Å². The van der Waals surface area contributed by atoms with Crippen LogP contribution in [0, 0.1) is 0 Å². The molecule has 77 heavy (non-hydrogen) atoms. The van der Waals surface area contributed by atoms with Crippen LogP contribution in [0.1, 0.15) is 213 Å². The standard InChI is InChI=1S/C65H102O12/c1-4-7-10-13-16-19-22-25-28-29-32-35-38-41-44-47-50-53-59(68)76-63-61(70)60(69)62(64(71)72)77-65(63)74-55-56(75-58(67)52-49-46-43-40-37-34-31-27-24-21-18-15-12-9-6-3)54-73-57(66)51-48-45-42-39-36-33-30-26-23-20-17-14-11-8-5-2/h8-9,11-12,16-21,25-28,30-31,36-37,39-40,56,60-63,65,69-70H,4-7,10,13-15,22-24,29,32-35,38,41-55H2,1-3H3,(H,71,72)/b11-8-,12-9-,19-16-,20-17-,21-18-,28-25-,30-26-,31-27-,39-36-,40-37-. The lowest BCUT2D eigenvalue weighted by atomic mass is 9.98. The summed E-state index contributed by atoms with van der Waals surface area (Å²) in [4.78, 5) is 51.1. The summed E-state index contributed by atoms with van der Waals surface area (Å²) >= 11 is 0. The van der Waals surface area contributed by atoms with E-state index >= 15 is 0 Å². The number of carboxylic acids is 1. The van der Waals surface area contributed by atoms with Crippen LogP contribution < -0.4 is 0 Å². The molecular formula is C65H102O12. The summed E-state index contributed by atoms with van der Waals surface area (Å²) in [5, 5.41) is 31.5. The summed E-state index contributed by atoms with van der Waals surface area (Å²) in [6.07, 6.45) is 58.8. The summed E-state index contributed by atoms with van der Waals surface area (Å²) in [5.41, 5.74) is 0. The van der Waals surface area contributed by atoms with E-state index in [1.807, 2.05) is 0 Å². The molecule has 6 atom stereocenters. The Balaban J connectivity index is 2.76. The number of hydrogen-bond acceptors (Lipinski definition) is 11. The van der Waals surface area contributed by atoms with Crippen molar-refractivity contribution in [2.24, 2.45) is 0 Å². The van der Waals surface area contributed by atoms with Crippen molar-refractivity contribution in [1.82, 2.24) is 0 Å². The first-order valence-electron chi connectivity index (χ1n) is 29.5. The van der Waals surface area contributed by atoms with Gasteiger partial charge in [-0.15, -0.1) is 0 Å². The molecule has 1 aliphatic rings. The molecule has 1 heterocycles. The minimum absolute atomic E-state index is 0.0359. The highest BCUT2D eigenvalue weighted by molar-refractivity contribution is 5.74. The number of esters is 3. The van der Waals surface area contributed by atoms with Crippen LogP contribution in [0.3, 0.4) is 0 Å². The molecule has 12 heteroatoms. The van der Waals surface area contributed by atoms with E-state index in [4.69, 9.17) is 23.7 Å². The molecule has 0 aromatic rings. The molecule has 1 aliphatic heterocycles. The smallest absolute Gasteiger partial charge is 0.335 e. The Morgan fingerprint density at radius 3 is 1.27 bits per heavy atom. The third-order valence-electron chi connectivity index (χ3n) is 12.5. The van der Waals surface area contributed by atoms with Gasteiger partial charge in [0.05, 0.1) is 6.61 Å². The molecule has 0 bridgehead atoms. The molecule has 0 aliphatic carbocycles. The number of hydrogen-bond donors (Lipinski definition) is 3. The Bertz CT molecular complexity index is 1800. The van der Waals surface area contributed by atoms with Gasteiger partial charge in [0.15, 0.2) is 24.6 Å². The van der Waals surface area contributed by atoms with Gasteiger partial charge in [0.2, 0.25) is 0 Å². The van der Waals surface area contributed by atoms with Gasteiger partial charge < -0.3 is 39.0 Å². The molecule has 1 saturated heterocycles. The largest absolute Gasteiger partial charge is 0.479 e. The number of rotatable bonds is 48. The number of ether oxygens (including phenoxy) is 5. The van der Waals surface area contributed by atoms with Crippen molar-refractivity contribution in [3.05, 3.63) is 122 Å². The van der Waals surface area contributed by atoms with Gasteiger partial charge in [0.25, 0.3) is 0 Å². The van der Waals surface area contributed by atoms with Crippen molar-refractivity contribution in [2.75, 3.05) is 13.2 Å². The van der Waals surface area contributed by atoms with E-state index in [0.29, 0.717) is 19.3 Å². The second-order valence-corrected chi connectivity index (χ2v) is 19.5. The zero-order valence-electron chi connectivity index (χ0n) is 47.7. The monoisotopic (exact) mass is 1070 g/mol. The Morgan fingerprint density at radius 2 is 0.818 bits per heavy atom. The molecule has 12 nitrogen and oxygen atoms in total. The maximum absolute atomic E-state index is 13.1. The van der Waals surface area contributed by atoms with Crippen LogP contribution in [0.2, 0.25) is 0 Å². The van der Waals surface area contributed by atoms with Gasteiger partial charge in [-0.2, -0.15) is 0 Å². The average molecular weight is 1080 g/mol. The number of carbonyl (C=O) groups is 4. The van der Waals surface area contributed by atoms with Crippen molar-refractivity contribution in [1.29, 1.82) is 0 Å². The van der Waals surface area contributed by atoms with Crippen LogP contribution in [-0.4, -0.2) is 89.2 Å². The molecule has 1 fully saturated rings. The molecule has 1 rings (SSSR count). The fourth-order valence-electron chi connectivity index (χ4n) is 8.02. The van der Waals surface area contributed by atoms with Crippen molar-refractivity contribution < 1.29 is 58.2 Å². The predicted octanol–water partition coefficient (Wildman–Crippen LogP) is 15.2. The minimum Gasteiger partial charge on any atom is -0.479 e. The second kappa shape index (κ2) is 51.9. The van der Waals surface area contributed by atoms with E-state index in [0.717, 1.165) is 135 Å².